The van der Waals surface area contributed by atoms with Crippen LogP contribution in [0.15, 0.2) is 20.5 Å². The number of carbonyl (C=O) groups is 1. The lowest BCUT2D eigenvalue weighted by atomic mass is 10.2. The molecule has 0 aliphatic heterocycles. The molecule has 3 rings (SSSR count). The predicted octanol–water partition coefficient (Wildman–Crippen LogP) is 3.92. The van der Waals surface area contributed by atoms with Crippen molar-refractivity contribution in [3.63, 3.8) is 0 Å². The molecule has 0 saturated carbocycles. The number of thioether (sulfide) groups is 1. The van der Waals surface area contributed by atoms with E-state index in [4.69, 9.17) is 14.2 Å². The summed E-state index contributed by atoms with van der Waals surface area (Å²) in [5, 5.41) is 7.18. The lowest BCUT2D eigenvalue weighted by Gasteiger charge is -2.15. The summed E-state index contributed by atoms with van der Waals surface area (Å²) in [6, 6.07) is 1.65. The first-order valence-corrected chi connectivity index (χ1v) is 11.5. The van der Waals surface area contributed by atoms with Crippen molar-refractivity contribution in [2.45, 2.75) is 58.0 Å². The maximum absolute atomic E-state index is 13.2. The molecule has 0 aliphatic rings. The van der Waals surface area contributed by atoms with Gasteiger partial charge in [0.25, 0.3) is 5.56 Å². The first kappa shape index (κ1) is 22.5. The molecule has 3 aromatic heterocycles. The SMILES string of the molecule is CCOCCCn1c(S[C@H](C)C(=O)Nc2cc(C)no2)nc2sc(C)c(C)c2c1=O. The number of carbonyl (C=O) groups excluding carboxylic acids is 1. The highest BCUT2D eigenvalue weighted by Crippen LogP contribution is 2.30. The van der Waals surface area contributed by atoms with E-state index in [9.17, 15) is 9.59 Å². The van der Waals surface area contributed by atoms with Gasteiger partial charge in [-0.25, -0.2) is 4.98 Å². The number of amides is 1. The van der Waals surface area contributed by atoms with E-state index in [1.807, 2.05) is 20.8 Å². The molecule has 0 unspecified atom stereocenters. The van der Waals surface area contributed by atoms with E-state index in [2.05, 4.69) is 10.5 Å². The van der Waals surface area contributed by atoms with E-state index in [1.54, 1.807) is 24.5 Å². The summed E-state index contributed by atoms with van der Waals surface area (Å²) >= 11 is 2.76. The Hall–Kier alpha value is -2.17. The number of hydrogen-bond donors (Lipinski definition) is 1. The molecule has 8 nitrogen and oxygen atoms in total. The molecule has 0 fully saturated rings. The second-order valence-corrected chi connectivity index (χ2v) is 9.46. The molecule has 0 spiro atoms. The maximum atomic E-state index is 13.2. The number of rotatable bonds is 9. The van der Waals surface area contributed by atoms with Crippen molar-refractivity contribution in [1.82, 2.24) is 14.7 Å². The van der Waals surface area contributed by atoms with Gasteiger partial charge in [0, 0.05) is 30.7 Å². The van der Waals surface area contributed by atoms with Crippen LogP contribution in [0.25, 0.3) is 10.2 Å². The van der Waals surface area contributed by atoms with Crippen molar-refractivity contribution < 1.29 is 14.1 Å². The number of thiophene rings is 1. The van der Waals surface area contributed by atoms with Crippen LogP contribution in [-0.4, -0.2) is 39.1 Å². The van der Waals surface area contributed by atoms with Gasteiger partial charge in [0.1, 0.15) is 4.83 Å². The van der Waals surface area contributed by atoms with Gasteiger partial charge in [-0.2, -0.15) is 0 Å². The summed E-state index contributed by atoms with van der Waals surface area (Å²) in [5.41, 5.74) is 1.58. The van der Waals surface area contributed by atoms with E-state index in [0.717, 1.165) is 10.4 Å². The average Bonchev–Trinajstić information content (AvgIpc) is 3.23. The minimum absolute atomic E-state index is 0.0701. The van der Waals surface area contributed by atoms with Gasteiger partial charge < -0.3 is 9.26 Å². The van der Waals surface area contributed by atoms with Gasteiger partial charge in [0.05, 0.1) is 16.3 Å². The number of anilines is 1. The fourth-order valence-electron chi connectivity index (χ4n) is 2.92. The van der Waals surface area contributed by atoms with Crippen molar-refractivity contribution in [3.8, 4) is 0 Å². The van der Waals surface area contributed by atoms with Crippen molar-refractivity contribution >= 4 is 45.1 Å². The van der Waals surface area contributed by atoms with Crippen LogP contribution in [0.1, 0.15) is 36.4 Å². The number of aryl methyl sites for hydroxylation is 3. The van der Waals surface area contributed by atoms with Crippen molar-refractivity contribution in [2.24, 2.45) is 0 Å². The summed E-state index contributed by atoms with van der Waals surface area (Å²) in [7, 11) is 0. The first-order chi connectivity index (χ1) is 14.3. The molecule has 1 N–H and O–H groups in total. The molecule has 0 aliphatic carbocycles. The monoisotopic (exact) mass is 450 g/mol. The van der Waals surface area contributed by atoms with Gasteiger partial charge >= 0.3 is 0 Å². The number of fused-ring (bicyclic) bond motifs is 1. The smallest absolute Gasteiger partial charge is 0.263 e. The minimum Gasteiger partial charge on any atom is -0.382 e. The minimum atomic E-state index is -0.486. The van der Waals surface area contributed by atoms with Gasteiger partial charge in [0.2, 0.25) is 11.8 Å². The van der Waals surface area contributed by atoms with Gasteiger partial charge in [-0.15, -0.1) is 11.3 Å². The Balaban J connectivity index is 1.88. The van der Waals surface area contributed by atoms with E-state index in [1.165, 1.54) is 23.1 Å². The molecule has 1 amide bonds. The molecule has 3 heterocycles. The van der Waals surface area contributed by atoms with E-state index >= 15 is 0 Å². The highest BCUT2D eigenvalue weighted by atomic mass is 32.2. The third-order valence-corrected chi connectivity index (χ3v) is 6.85. The molecule has 10 heteroatoms. The molecule has 3 aromatic rings. The molecular formula is C20H26N4O4S2. The van der Waals surface area contributed by atoms with Crippen LogP contribution >= 0.6 is 23.1 Å². The Morgan fingerprint density at radius 3 is 2.83 bits per heavy atom. The lowest BCUT2D eigenvalue weighted by molar-refractivity contribution is -0.115. The molecule has 0 bridgehead atoms. The third kappa shape index (κ3) is 4.93. The number of aromatic nitrogens is 3. The Morgan fingerprint density at radius 1 is 1.40 bits per heavy atom. The van der Waals surface area contributed by atoms with Crippen LogP contribution in [-0.2, 0) is 16.1 Å². The van der Waals surface area contributed by atoms with E-state index in [-0.39, 0.29) is 11.5 Å². The van der Waals surface area contributed by atoms with Gasteiger partial charge in [-0.3, -0.25) is 19.5 Å². The zero-order valence-electron chi connectivity index (χ0n) is 17.8. The molecule has 0 radical (unpaired) electrons. The zero-order chi connectivity index (χ0) is 21.8. The summed E-state index contributed by atoms with van der Waals surface area (Å²) in [5.74, 6) is 0.0527. The summed E-state index contributed by atoms with van der Waals surface area (Å²) in [6.45, 7) is 11.1. The van der Waals surface area contributed by atoms with Crippen molar-refractivity contribution in [3.05, 3.63) is 32.6 Å². The predicted molar refractivity (Wildman–Crippen MR) is 120 cm³/mol. The summed E-state index contributed by atoms with van der Waals surface area (Å²) < 4.78 is 12.1. The highest BCUT2D eigenvalue weighted by molar-refractivity contribution is 8.00. The van der Waals surface area contributed by atoms with Crippen LogP contribution in [0.5, 0.6) is 0 Å². The lowest BCUT2D eigenvalue weighted by Crippen LogP contribution is -2.27. The largest absolute Gasteiger partial charge is 0.382 e. The Kier molecular flexibility index (Phi) is 7.32. The molecule has 30 heavy (non-hydrogen) atoms. The molecule has 0 saturated heterocycles. The molecule has 0 aromatic carbocycles. The third-order valence-electron chi connectivity index (χ3n) is 4.65. The molecule has 162 valence electrons. The maximum Gasteiger partial charge on any atom is 0.263 e. The number of hydrogen-bond acceptors (Lipinski definition) is 8. The standard InChI is InChI=1S/C20H26N4O4S2/c1-6-27-9-7-8-24-19(26)16-12(3)13(4)29-18(16)22-20(24)30-14(5)17(25)21-15-10-11(2)23-28-15/h10,14H,6-9H2,1-5H3,(H,21,25)/t14-/m1/s1. The second kappa shape index (κ2) is 9.76. The van der Waals surface area contributed by atoms with Crippen molar-refractivity contribution in [2.75, 3.05) is 18.5 Å². The van der Waals surface area contributed by atoms with Crippen LogP contribution < -0.4 is 10.9 Å². The molecule has 1 atom stereocenters. The zero-order valence-corrected chi connectivity index (χ0v) is 19.4. The molecular weight excluding hydrogens is 424 g/mol. The van der Waals surface area contributed by atoms with Gasteiger partial charge in [0.15, 0.2) is 5.16 Å². The number of ether oxygens (including phenoxy) is 1. The highest BCUT2D eigenvalue weighted by Gasteiger charge is 2.22. The Morgan fingerprint density at radius 2 is 2.17 bits per heavy atom. The topological polar surface area (TPSA) is 99.2 Å². The number of nitrogens with zero attached hydrogens (tertiary/aromatic N) is 3. The van der Waals surface area contributed by atoms with Crippen LogP contribution in [0.4, 0.5) is 5.88 Å². The van der Waals surface area contributed by atoms with E-state index in [0.29, 0.717) is 53.1 Å². The van der Waals surface area contributed by atoms with E-state index < -0.39 is 5.25 Å². The summed E-state index contributed by atoms with van der Waals surface area (Å²) in [4.78, 5) is 32.4. The Bertz CT molecular complexity index is 1100. The average molecular weight is 451 g/mol. The quantitative estimate of drug-likeness (QED) is 0.300. The van der Waals surface area contributed by atoms with Crippen molar-refractivity contribution in [1.29, 1.82) is 0 Å². The van der Waals surface area contributed by atoms with Crippen LogP contribution in [0.3, 0.4) is 0 Å². The van der Waals surface area contributed by atoms with Crippen LogP contribution in [0.2, 0.25) is 0 Å². The van der Waals surface area contributed by atoms with Gasteiger partial charge in [-0.05, 0) is 46.6 Å². The fourth-order valence-corrected chi connectivity index (χ4v) is 4.93. The van der Waals surface area contributed by atoms with Gasteiger partial charge in [-0.1, -0.05) is 16.9 Å². The summed E-state index contributed by atoms with van der Waals surface area (Å²) in [6.07, 6.45) is 0.689. The first-order valence-electron chi connectivity index (χ1n) is 9.81. The fraction of sp³-hybridized carbons (Fsp3) is 0.500. The number of nitrogens with one attached hydrogen (secondary N) is 1. The van der Waals surface area contributed by atoms with Crippen LogP contribution in [0, 0.1) is 20.8 Å². The second-order valence-electron chi connectivity index (χ2n) is 6.95. The Labute approximate surface area is 183 Å². The normalized spacial score (nSPS) is 12.4.